The molecule has 8 heteroatoms. The molecule has 1 heterocycles. The van der Waals surface area contributed by atoms with Crippen LogP contribution < -0.4 is 14.4 Å². The summed E-state index contributed by atoms with van der Waals surface area (Å²) in [7, 11) is -2.19. The fourth-order valence-corrected chi connectivity index (χ4v) is 5.99. The average molecular weight is 460 g/mol. The number of benzene rings is 2. The number of carbonyl (C=O) groups is 1. The molecule has 0 saturated carbocycles. The smallest absolute Gasteiger partial charge is 0.241 e. The van der Waals surface area contributed by atoms with Gasteiger partial charge in [-0.05, 0) is 81.1 Å². The van der Waals surface area contributed by atoms with Gasteiger partial charge in [0.1, 0.15) is 5.75 Å². The summed E-state index contributed by atoms with van der Waals surface area (Å²) in [5, 5.41) is 0. The molecule has 1 atom stereocenters. The number of aryl methyl sites for hydroxylation is 2. The van der Waals surface area contributed by atoms with Gasteiger partial charge in [-0.1, -0.05) is 6.07 Å². The molecule has 7 nitrogen and oxygen atoms in total. The Kier molecular flexibility index (Phi) is 7.15. The standard InChI is InChI=1S/C24H33N3O4S/c1-16-15-17(2)19(4)23(18(16)3)32(29,30)25-20(5)24(28)27-13-11-26(12-14-27)21-7-9-22(31-6)10-8-21/h7-10,15,20,25H,11-14H2,1-6H3/t20-/m0/s1. The average Bonchev–Trinajstić information content (AvgIpc) is 2.77. The molecule has 174 valence electrons. The topological polar surface area (TPSA) is 79.0 Å². The van der Waals surface area contributed by atoms with E-state index in [0.29, 0.717) is 37.3 Å². The van der Waals surface area contributed by atoms with E-state index in [4.69, 9.17) is 4.74 Å². The van der Waals surface area contributed by atoms with Crippen LogP contribution in [0.3, 0.4) is 0 Å². The third kappa shape index (κ3) is 4.91. The summed E-state index contributed by atoms with van der Waals surface area (Å²) in [4.78, 5) is 17.2. The molecule has 0 radical (unpaired) electrons. The zero-order valence-electron chi connectivity index (χ0n) is 19.7. The van der Waals surface area contributed by atoms with Crippen LogP contribution in [0.4, 0.5) is 5.69 Å². The first-order valence-electron chi connectivity index (χ1n) is 10.8. The zero-order valence-corrected chi connectivity index (χ0v) is 20.5. The van der Waals surface area contributed by atoms with Crippen molar-refractivity contribution in [2.45, 2.75) is 45.6 Å². The molecule has 1 amide bonds. The predicted molar refractivity (Wildman–Crippen MR) is 127 cm³/mol. The first-order valence-corrected chi connectivity index (χ1v) is 12.3. The maximum atomic E-state index is 13.2. The summed E-state index contributed by atoms with van der Waals surface area (Å²) in [5.41, 5.74) is 4.35. The number of carbonyl (C=O) groups excluding carboxylic acids is 1. The molecular formula is C24H33N3O4S. The molecule has 32 heavy (non-hydrogen) atoms. The second kappa shape index (κ2) is 9.50. The quantitative estimate of drug-likeness (QED) is 0.719. The van der Waals surface area contributed by atoms with Crippen molar-refractivity contribution in [3.8, 4) is 5.75 Å². The van der Waals surface area contributed by atoms with Gasteiger partial charge < -0.3 is 14.5 Å². The highest BCUT2D eigenvalue weighted by atomic mass is 32.2. The van der Waals surface area contributed by atoms with Crippen molar-refractivity contribution < 1.29 is 17.9 Å². The Hall–Kier alpha value is -2.58. The molecular weight excluding hydrogens is 426 g/mol. The van der Waals surface area contributed by atoms with Crippen molar-refractivity contribution in [1.29, 1.82) is 0 Å². The molecule has 2 aromatic carbocycles. The van der Waals surface area contributed by atoms with Crippen LogP contribution in [0.5, 0.6) is 5.75 Å². The molecule has 0 bridgehead atoms. The zero-order chi connectivity index (χ0) is 23.6. The second-order valence-electron chi connectivity index (χ2n) is 8.44. The SMILES string of the molecule is COc1ccc(N2CCN(C(=O)[C@H](C)NS(=O)(=O)c3c(C)c(C)cc(C)c3C)CC2)cc1. The molecule has 2 aromatic rings. The van der Waals surface area contributed by atoms with Gasteiger partial charge in [0, 0.05) is 31.9 Å². The van der Waals surface area contributed by atoms with Crippen molar-refractivity contribution in [2.24, 2.45) is 0 Å². The number of rotatable bonds is 6. The number of piperazine rings is 1. The van der Waals surface area contributed by atoms with Gasteiger partial charge in [-0.2, -0.15) is 4.72 Å². The van der Waals surface area contributed by atoms with Crippen LogP contribution in [-0.4, -0.2) is 58.6 Å². The van der Waals surface area contributed by atoms with Gasteiger partial charge in [0.25, 0.3) is 0 Å². The Labute approximate surface area is 191 Å². The van der Waals surface area contributed by atoms with Gasteiger partial charge in [-0.15, -0.1) is 0 Å². The van der Waals surface area contributed by atoms with Crippen LogP contribution in [-0.2, 0) is 14.8 Å². The molecule has 0 spiro atoms. The van der Waals surface area contributed by atoms with Gasteiger partial charge in [0.15, 0.2) is 0 Å². The van der Waals surface area contributed by atoms with Crippen LogP contribution in [0.1, 0.15) is 29.2 Å². The maximum absolute atomic E-state index is 13.2. The maximum Gasteiger partial charge on any atom is 0.241 e. The fraction of sp³-hybridized carbons (Fsp3) is 0.458. The summed E-state index contributed by atoms with van der Waals surface area (Å²) in [6.07, 6.45) is 0. The highest BCUT2D eigenvalue weighted by molar-refractivity contribution is 7.89. The minimum Gasteiger partial charge on any atom is -0.497 e. The van der Waals surface area contributed by atoms with E-state index in [1.54, 1.807) is 32.8 Å². The first-order chi connectivity index (χ1) is 15.0. The lowest BCUT2D eigenvalue weighted by molar-refractivity contribution is -0.132. The van der Waals surface area contributed by atoms with Crippen LogP contribution in [0.2, 0.25) is 0 Å². The number of sulfonamides is 1. The number of hydrogen-bond donors (Lipinski definition) is 1. The lowest BCUT2D eigenvalue weighted by Gasteiger charge is -2.37. The molecule has 0 aliphatic carbocycles. The van der Waals surface area contributed by atoms with Crippen molar-refractivity contribution in [1.82, 2.24) is 9.62 Å². The Morgan fingerprint density at radius 3 is 2.00 bits per heavy atom. The Balaban J connectivity index is 1.66. The van der Waals surface area contributed by atoms with Crippen molar-refractivity contribution in [3.63, 3.8) is 0 Å². The van der Waals surface area contributed by atoms with Crippen molar-refractivity contribution in [2.75, 3.05) is 38.2 Å². The molecule has 1 aliphatic heterocycles. The Morgan fingerprint density at radius 2 is 1.50 bits per heavy atom. The number of anilines is 1. The number of ether oxygens (including phenoxy) is 1. The van der Waals surface area contributed by atoms with Crippen LogP contribution in [0, 0.1) is 27.7 Å². The largest absolute Gasteiger partial charge is 0.497 e. The summed E-state index contributed by atoms with van der Waals surface area (Å²) in [6.45, 7) is 11.5. The van der Waals surface area contributed by atoms with E-state index in [1.807, 2.05) is 44.2 Å². The molecule has 1 fully saturated rings. The predicted octanol–water partition coefficient (Wildman–Crippen LogP) is 2.94. The third-order valence-electron chi connectivity index (χ3n) is 6.30. The summed E-state index contributed by atoms with van der Waals surface area (Å²) < 4.78 is 34.1. The minimum absolute atomic E-state index is 0.206. The van der Waals surface area contributed by atoms with Crippen LogP contribution >= 0.6 is 0 Å². The Morgan fingerprint density at radius 1 is 0.969 bits per heavy atom. The van der Waals surface area contributed by atoms with E-state index >= 15 is 0 Å². The molecule has 0 aromatic heterocycles. The highest BCUT2D eigenvalue weighted by Crippen LogP contribution is 2.26. The summed E-state index contributed by atoms with van der Waals surface area (Å²) in [5.74, 6) is 0.598. The monoisotopic (exact) mass is 459 g/mol. The van der Waals surface area contributed by atoms with E-state index in [0.717, 1.165) is 22.6 Å². The molecule has 1 N–H and O–H groups in total. The van der Waals surface area contributed by atoms with Crippen molar-refractivity contribution >= 4 is 21.6 Å². The molecule has 1 aliphatic rings. The lowest BCUT2D eigenvalue weighted by atomic mass is 10.0. The van der Waals surface area contributed by atoms with E-state index in [9.17, 15) is 13.2 Å². The lowest BCUT2D eigenvalue weighted by Crippen LogP contribution is -2.54. The first kappa shape index (κ1) is 24.1. The van der Waals surface area contributed by atoms with Crippen LogP contribution in [0.15, 0.2) is 35.2 Å². The highest BCUT2D eigenvalue weighted by Gasteiger charge is 2.30. The number of amides is 1. The normalized spacial score (nSPS) is 15.6. The molecule has 1 saturated heterocycles. The number of nitrogens with one attached hydrogen (secondary N) is 1. The number of methoxy groups -OCH3 is 1. The van der Waals surface area contributed by atoms with Gasteiger partial charge in [-0.3, -0.25) is 4.79 Å². The molecule has 0 unspecified atom stereocenters. The van der Waals surface area contributed by atoms with E-state index < -0.39 is 16.1 Å². The van der Waals surface area contributed by atoms with E-state index in [-0.39, 0.29) is 10.8 Å². The van der Waals surface area contributed by atoms with Gasteiger partial charge in [0.05, 0.1) is 18.0 Å². The third-order valence-corrected chi connectivity index (χ3v) is 8.11. The van der Waals surface area contributed by atoms with E-state index in [2.05, 4.69) is 9.62 Å². The second-order valence-corrected chi connectivity index (χ2v) is 10.1. The number of hydrogen-bond acceptors (Lipinski definition) is 5. The Bertz CT molecular complexity index is 1060. The summed E-state index contributed by atoms with van der Waals surface area (Å²) >= 11 is 0. The van der Waals surface area contributed by atoms with E-state index in [1.165, 1.54) is 0 Å². The fourth-order valence-electron chi connectivity index (χ4n) is 4.18. The van der Waals surface area contributed by atoms with Gasteiger partial charge in [0.2, 0.25) is 15.9 Å². The van der Waals surface area contributed by atoms with Crippen molar-refractivity contribution in [3.05, 3.63) is 52.6 Å². The van der Waals surface area contributed by atoms with Gasteiger partial charge >= 0.3 is 0 Å². The summed E-state index contributed by atoms with van der Waals surface area (Å²) in [6, 6.07) is 8.98. The minimum atomic E-state index is -3.83. The number of nitrogens with zero attached hydrogens (tertiary/aromatic N) is 2. The van der Waals surface area contributed by atoms with Crippen LogP contribution in [0.25, 0.3) is 0 Å². The van der Waals surface area contributed by atoms with Gasteiger partial charge in [-0.25, -0.2) is 8.42 Å². The molecule has 3 rings (SSSR count).